The van der Waals surface area contributed by atoms with Crippen molar-refractivity contribution < 1.29 is 9.72 Å². The molecule has 104 valence electrons. The molecule has 1 aromatic heterocycles. The minimum atomic E-state index is -0.534. The van der Waals surface area contributed by atoms with Gasteiger partial charge in [-0.2, -0.15) is 0 Å². The van der Waals surface area contributed by atoms with E-state index in [1.165, 1.54) is 28.7 Å². The lowest BCUT2D eigenvalue weighted by atomic mass is 10.2. The zero-order valence-electron chi connectivity index (χ0n) is 11.3. The van der Waals surface area contributed by atoms with Crippen LogP contribution in [0.5, 0.6) is 0 Å². The number of aromatic nitrogens is 1. The van der Waals surface area contributed by atoms with Gasteiger partial charge < -0.3 is 9.47 Å². The second-order valence-corrected chi connectivity index (χ2v) is 4.53. The van der Waals surface area contributed by atoms with Gasteiger partial charge in [-0.25, -0.2) is 0 Å². The summed E-state index contributed by atoms with van der Waals surface area (Å²) in [6, 6.07) is 1.25. The van der Waals surface area contributed by atoms with Gasteiger partial charge in [-0.3, -0.25) is 19.7 Å². The molecule has 19 heavy (non-hydrogen) atoms. The lowest BCUT2D eigenvalue weighted by Gasteiger charge is -2.10. The molecule has 1 rings (SSSR count). The summed E-state index contributed by atoms with van der Waals surface area (Å²) in [7, 11) is 3.32. The van der Waals surface area contributed by atoms with Crippen LogP contribution in [0.3, 0.4) is 0 Å². The van der Waals surface area contributed by atoms with Crippen LogP contribution in [0.4, 0.5) is 5.69 Å². The molecule has 7 nitrogen and oxygen atoms in total. The van der Waals surface area contributed by atoms with E-state index < -0.39 is 4.92 Å². The number of hydrogen-bond acceptors (Lipinski definition) is 4. The molecule has 0 aromatic carbocycles. The largest absolute Gasteiger partial charge is 0.349 e. The van der Waals surface area contributed by atoms with Crippen LogP contribution in [0.15, 0.2) is 17.1 Å². The Kier molecular flexibility index (Phi) is 4.80. The molecule has 0 aliphatic rings. The van der Waals surface area contributed by atoms with E-state index in [1.54, 1.807) is 14.1 Å². The number of nitrogens with zero attached hydrogens (tertiary/aromatic N) is 3. The first kappa shape index (κ1) is 14.9. The monoisotopic (exact) mass is 267 g/mol. The molecule has 0 saturated heterocycles. The Labute approximate surface area is 110 Å². The molecule has 0 atom stereocenters. The van der Waals surface area contributed by atoms with E-state index in [4.69, 9.17) is 0 Å². The highest BCUT2D eigenvalue weighted by Crippen LogP contribution is 2.10. The van der Waals surface area contributed by atoms with Gasteiger partial charge in [-0.15, -0.1) is 0 Å². The molecule has 0 aliphatic carbocycles. The van der Waals surface area contributed by atoms with Crippen molar-refractivity contribution in [3.8, 4) is 0 Å². The first-order valence-electron chi connectivity index (χ1n) is 5.88. The van der Waals surface area contributed by atoms with E-state index >= 15 is 0 Å². The lowest BCUT2D eigenvalue weighted by Crippen LogP contribution is -2.25. The molecule has 0 saturated carbocycles. The zero-order chi connectivity index (χ0) is 14.6. The molecule has 1 heterocycles. The minimum absolute atomic E-state index is 0.0322. The average Bonchev–Trinajstić information content (AvgIpc) is 2.33. The van der Waals surface area contributed by atoms with E-state index in [-0.39, 0.29) is 17.2 Å². The number of aryl methyl sites for hydroxylation is 2. The quantitative estimate of drug-likeness (QED) is 0.586. The van der Waals surface area contributed by atoms with Crippen LogP contribution in [0.2, 0.25) is 0 Å². The molecule has 0 N–H and O–H groups in total. The van der Waals surface area contributed by atoms with Crippen molar-refractivity contribution in [1.82, 2.24) is 9.47 Å². The Morgan fingerprint density at radius 2 is 2.11 bits per heavy atom. The third-order valence-corrected chi connectivity index (χ3v) is 2.75. The average molecular weight is 267 g/mol. The highest BCUT2D eigenvalue weighted by Gasteiger charge is 2.11. The Hall–Kier alpha value is -2.18. The molecule has 0 aliphatic heterocycles. The second-order valence-electron chi connectivity index (χ2n) is 4.53. The number of rotatable bonds is 5. The molecule has 0 fully saturated rings. The van der Waals surface area contributed by atoms with E-state index in [0.29, 0.717) is 24.9 Å². The highest BCUT2D eigenvalue weighted by molar-refractivity contribution is 5.75. The molecule has 0 bridgehead atoms. The zero-order valence-corrected chi connectivity index (χ0v) is 11.3. The number of nitro groups is 1. The smallest absolute Gasteiger partial charge is 0.286 e. The van der Waals surface area contributed by atoms with Crippen LogP contribution in [0, 0.1) is 17.0 Å². The maximum atomic E-state index is 11.8. The molecule has 1 aromatic rings. The van der Waals surface area contributed by atoms with Gasteiger partial charge in [0.2, 0.25) is 5.91 Å². The van der Waals surface area contributed by atoms with Crippen molar-refractivity contribution >= 4 is 11.6 Å². The van der Waals surface area contributed by atoms with Crippen molar-refractivity contribution in [1.29, 1.82) is 0 Å². The fourth-order valence-corrected chi connectivity index (χ4v) is 1.66. The van der Waals surface area contributed by atoms with E-state index in [0.717, 1.165) is 0 Å². The predicted molar refractivity (Wildman–Crippen MR) is 70.0 cm³/mol. The molecule has 7 heteroatoms. The maximum absolute atomic E-state index is 11.8. The van der Waals surface area contributed by atoms with Crippen LogP contribution in [0.25, 0.3) is 0 Å². The van der Waals surface area contributed by atoms with Gasteiger partial charge >= 0.3 is 0 Å². The number of hydrogen-bond donors (Lipinski definition) is 0. The molecular formula is C12H17N3O4. The summed E-state index contributed by atoms with van der Waals surface area (Å²) in [5, 5.41) is 10.7. The van der Waals surface area contributed by atoms with E-state index in [9.17, 15) is 19.7 Å². The Morgan fingerprint density at radius 1 is 1.47 bits per heavy atom. The first-order valence-corrected chi connectivity index (χ1v) is 5.88. The Bertz CT molecular complexity index is 548. The van der Waals surface area contributed by atoms with Crippen molar-refractivity contribution in [3.63, 3.8) is 0 Å². The summed E-state index contributed by atoms with van der Waals surface area (Å²) >= 11 is 0. The molecule has 0 radical (unpaired) electrons. The summed E-state index contributed by atoms with van der Waals surface area (Å²) in [6.45, 7) is 1.83. The van der Waals surface area contributed by atoms with Crippen molar-refractivity contribution in [2.75, 3.05) is 14.1 Å². The van der Waals surface area contributed by atoms with Crippen molar-refractivity contribution in [2.24, 2.45) is 0 Å². The number of carbonyl (C=O) groups is 1. The van der Waals surface area contributed by atoms with Crippen molar-refractivity contribution in [3.05, 3.63) is 38.3 Å². The fourth-order valence-electron chi connectivity index (χ4n) is 1.66. The fraction of sp³-hybridized carbons (Fsp3) is 0.500. The summed E-state index contributed by atoms with van der Waals surface area (Å²) in [6.07, 6.45) is 1.99. The topological polar surface area (TPSA) is 85.4 Å². The van der Waals surface area contributed by atoms with Crippen LogP contribution in [0.1, 0.15) is 18.4 Å². The maximum Gasteiger partial charge on any atom is 0.286 e. The lowest BCUT2D eigenvalue weighted by molar-refractivity contribution is -0.385. The summed E-state index contributed by atoms with van der Waals surface area (Å²) < 4.78 is 1.29. The normalized spacial score (nSPS) is 10.3. The van der Waals surface area contributed by atoms with E-state index in [2.05, 4.69) is 0 Å². The van der Waals surface area contributed by atoms with Gasteiger partial charge in [0.25, 0.3) is 11.2 Å². The molecule has 0 spiro atoms. The third-order valence-electron chi connectivity index (χ3n) is 2.75. The van der Waals surface area contributed by atoms with Crippen LogP contribution in [-0.4, -0.2) is 34.4 Å². The van der Waals surface area contributed by atoms with Gasteiger partial charge in [0.1, 0.15) is 0 Å². The number of pyridine rings is 1. The Morgan fingerprint density at radius 3 is 2.63 bits per heavy atom. The van der Waals surface area contributed by atoms with Gasteiger partial charge in [-0.05, 0) is 13.3 Å². The number of amides is 1. The van der Waals surface area contributed by atoms with E-state index in [1.807, 2.05) is 0 Å². The molecular weight excluding hydrogens is 250 g/mol. The summed E-state index contributed by atoms with van der Waals surface area (Å²) in [4.78, 5) is 34.8. The number of carbonyl (C=O) groups excluding carboxylic acids is 1. The van der Waals surface area contributed by atoms with Gasteiger partial charge in [-0.1, -0.05) is 0 Å². The SMILES string of the molecule is Cc1cc([N+](=O)[O-])cn(CCCC(=O)N(C)C)c1=O. The summed E-state index contributed by atoms with van der Waals surface area (Å²) in [5.74, 6) is -0.0322. The van der Waals surface area contributed by atoms with Gasteiger partial charge in [0, 0.05) is 38.7 Å². The Balaban J connectivity index is 2.81. The summed E-state index contributed by atoms with van der Waals surface area (Å²) in [5.41, 5.74) is -0.0490. The molecule has 0 unspecified atom stereocenters. The van der Waals surface area contributed by atoms with Crippen LogP contribution in [-0.2, 0) is 11.3 Å². The predicted octanol–water partition coefficient (Wildman–Crippen LogP) is 0.933. The highest BCUT2D eigenvalue weighted by atomic mass is 16.6. The van der Waals surface area contributed by atoms with Crippen LogP contribution < -0.4 is 5.56 Å². The second kappa shape index (κ2) is 6.12. The van der Waals surface area contributed by atoms with Gasteiger partial charge in [0.05, 0.1) is 11.1 Å². The van der Waals surface area contributed by atoms with Crippen LogP contribution >= 0.6 is 0 Å². The van der Waals surface area contributed by atoms with Crippen molar-refractivity contribution in [2.45, 2.75) is 26.3 Å². The van der Waals surface area contributed by atoms with Gasteiger partial charge in [0.15, 0.2) is 0 Å². The standard InChI is InChI=1S/C12H17N3O4/c1-9-7-10(15(18)19)8-14(12(9)17)6-4-5-11(16)13(2)3/h7-8H,4-6H2,1-3H3. The minimum Gasteiger partial charge on any atom is -0.349 e. The first-order chi connectivity index (χ1) is 8.82. The molecule has 1 amide bonds. The third kappa shape index (κ3) is 3.90.